The van der Waals surface area contributed by atoms with Crippen molar-refractivity contribution in [3.63, 3.8) is 0 Å². The lowest BCUT2D eigenvalue weighted by Crippen LogP contribution is -2.05. The molecular weight excluding hydrogens is 193 g/mol. The summed E-state index contributed by atoms with van der Waals surface area (Å²) in [4.78, 5) is 3.60. The van der Waals surface area contributed by atoms with Crippen LogP contribution >= 0.6 is 0 Å². The van der Waals surface area contributed by atoms with E-state index in [4.69, 9.17) is 0 Å². The predicted molar refractivity (Wildman–Crippen MR) is 44.9 cm³/mol. The second-order valence-electron chi connectivity index (χ2n) is 3.53. The van der Waals surface area contributed by atoms with Gasteiger partial charge < -0.3 is 4.57 Å². The number of rotatable bonds is 2. The number of halogens is 3. The van der Waals surface area contributed by atoms with Crippen LogP contribution in [0.3, 0.4) is 0 Å². The molecule has 1 saturated carbocycles. The molecule has 0 aromatic carbocycles. The average Bonchev–Trinajstić information content (AvgIpc) is 2.82. The van der Waals surface area contributed by atoms with E-state index in [1.807, 2.05) is 6.92 Å². The smallest absolute Gasteiger partial charge is 0.331 e. The Morgan fingerprint density at radius 2 is 2.14 bits per heavy atom. The second-order valence-corrected chi connectivity index (χ2v) is 3.53. The quantitative estimate of drug-likeness (QED) is 0.724. The lowest BCUT2D eigenvalue weighted by Gasteiger charge is -2.01. The number of aromatic nitrogens is 2. The van der Waals surface area contributed by atoms with E-state index in [0.717, 1.165) is 19.0 Å². The molecule has 1 aromatic heterocycles. The number of hydrogen-bond acceptors (Lipinski definition) is 1. The molecule has 2 rings (SSSR count). The van der Waals surface area contributed by atoms with Crippen molar-refractivity contribution >= 4 is 0 Å². The van der Waals surface area contributed by atoms with Crippen molar-refractivity contribution in [2.45, 2.75) is 38.4 Å². The SMILES string of the molecule is CCc1nc(C(F)(F)F)cn1C1CC1. The van der Waals surface area contributed by atoms with Crippen LogP contribution in [0, 0.1) is 0 Å². The summed E-state index contributed by atoms with van der Waals surface area (Å²) < 4.78 is 38.6. The van der Waals surface area contributed by atoms with Crippen LogP contribution in [0.25, 0.3) is 0 Å². The van der Waals surface area contributed by atoms with Crippen molar-refractivity contribution in [3.05, 3.63) is 17.7 Å². The van der Waals surface area contributed by atoms with Crippen molar-refractivity contribution in [2.75, 3.05) is 0 Å². The number of alkyl halides is 3. The Bertz CT molecular complexity index is 336. The van der Waals surface area contributed by atoms with E-state index in [1.54, 1.807) is 4.57 Å². The monoisotopic (exact) mass is 204 g/mol. The topological polar surface area (TPSA) is 17.8 Å². The molecule has 0 unspecified atom stereocenters. The lowest BCUT2D eigenvalue weighted by atomic mass is 10.4. The highest BCUT2D eigenvalue weighted by molar-refractivity contribution is 5.10. The van der Waals surface area contributed by atoms with Gasteiger partial charge in [-0.2, -0.15) is 13.2 Å². The van der Waals surface area contributed by atoms with Gasteiger partial charge in [-0.25, -0.2) is 4.98 Å². The summed E-state index contributed by atoms with van der Waals surface area (Å²) >= 11 is 0. The molecule has 78 valence electrons. The fourth-order valence-corrected chi connectivity index (χ4v) is 1.50. The molecule has 0 atom stereocenters. The Balaban J connectivity index is 2.35. The number of nitrogens with zero attached hydrogens (tertiary/aromatic N) is 2. The first-order valence-electron chi connectivity index (χ1n) is 4.67. The molecular formula is C9H11F3N2. The van der Waals surface area contributed by atoms with E-state index in [9.17, 15) is 13.2 Å². The Labute approximate surface area is 79.8 Å². The number of hydrogen-bond donors (Lipinski definition) is 0. The van der Waals surface area contributed by atoms with Gasteiger partial charge in [0.25, 0.3) is 0 Å². The third kappa shape index (κ3) is 1.63. The van der Waals surface area contributed by atoms with Crippen molar-refractivity contribution < 1.29 is 13.2 Å². The highest BCUT2D eigenvalue weighted by Crippen LogP contribution is 2.38. The second kappa shape index (κ2) is 3.00. The molecule has 14 heavy (non-hydrogen) atoms. The van der Waals surface area contributed by atoms with Gasteiger partial charge in [-0.3, -0.25) is 0 Å². The molecule has 5 heteroatoms. The summed E-state index contributed by atoms with van der Waals surface area (Å²) in [6.07, 6.45) is -0.686. The van der Waals surface area contributed by atoms with Crippen LogP contribution in [-0.4, -0.2) is 9.55 Å². The molecule has 1 heterocycles. The molecule has 0 spiro atoms. The molecule has 0 aliphatic heterocycles. The van der Waals surface area contributed by atoms with Crippen LogP contribution in [-0.2, 0) is 12.6 Å². The summed E-state index contributed by atoms with van der Waals surface area (Å²) in [5.74, 6) is 0.542. The largest absolute Gasteiger partial charge is 0.434 e. The van der Waals surface area contributed by atoms with Gasteiger partial charge in [-0.05, 0) is 12.8 Å². The highest BCUT2D eigenvalue weighted by atomic mass is 19.4. The fourth-order valence-electron chi connectivity index (χ4n) is 1.50. The van der Waals surface area contributed by atoms with Crippen molar-refractivity contribution in [1.82, 2.24) is 9.55 Å². The van der Waals surface area contributed by atoms with Gasteiger partial charge >= 0.3 is 6.18 Å². The third-order valence-corrected chi connectivity index (χ3v) is 2.36. The molecule has 1 aromatic rings. The third-order valence-electron chi connectivity index (χ3n) is 2.36. The average molecular weight is 204 g/mol. The van der Waals surface area contributed by atoms with Crippen LogP contribution in [0.1, 0.15) is 37.3 Å². The van der Waals surface area contributed by atoms with Crippen LogP contribution in [0.2, 0.25) is 0 Å². The molecule has 0 saturated heterocycles. The zero-order valence-corrected chi connectivity index (χ0v) is 7.80. The van der Waals surface area contributed by atoms with Crippen molar-refractivity contribution in [1.29, 1.82) is 0 Å². The Morgan fingerprint density at radius 3 is 2.57 bits per heavy atom. The predicted octanol–water partition coefficient (Wildman–Crippen LogP) is 2.80. The molecule has 1 aliphatic carbocycles. The molecule has 2 nitrogen and oxygen atoms in total. The molecule has 0 amide bonds. The summed E-state index contributed by atoms with van der Waals surface area (Å²) in [5, 5.41) is 0. The zero-order chi connectivity index (χ0) is 10.3. The van der Waals surface area contributed by atoms with E-state index in [-0.39, 0.29) is 6.04 Å². The summed E-state index contributed by atoms with van der Waals surface area (Å²) in [5.41, 5.74) is -0.763. The maximum atomic E-state index is 12.3. The Morgan fingerprint density at radius 1 is 1.50 bits per heavy atom. The minimum Gasteiger partial charge on any atom is -0.331 e. The standard InChI is InChI=1S/C9H11F3N2/c1-2-8-13-7(9(10,11)12)5-14(8)6-3-4-6/h5-6H,2-4H2,1H3. The maximum absolute atomic E-state index is 12.3. The number of aryl methyl sites for hydroxylation is 1. The minimum atomic E-state index is -4.32. The molecule has 0 N–H and O–H groups in total. The lowest BCUT2D eigenvalue weighted by molar-refractivity contribution is -0.141. The van der Waals surface area contributed by atoms with Crippen molar-refractivity contribution in [3.8, 4) is 0 Å². The van der Waals surface area contributed by atoms with E-state index in [2.05, 4.69) is 4.98 Å². The first kappa shape index (κ1) is 9.55. The van der Waals surface area contributed by atoms with Crippen LogP contribution in [0.15, 0.2) is 6.20 Å². The van der Waals surface area contributed by atoms with E-state index in [1.165, 1.54) is 0 Å². The fraction of sp³-hybridized carbons (Fsp3) is 0.667. The first-order chi connectivity index (χ1) is 6.52. The van der Waals surface area contributed by atoms with Crippen LogP contribution in [0.5, 0.6) is 0 Å². The van der Waals surface area contributed by atoms with Gasteiger partial charge in [0.15, 0.2) is 5.69 Å². The first-order valence-corrected chi connectivity index (χ1v) is 4.67. The Hall–Kier alpha value is -1.00. The van der Waals surface area contributed by atoms with Gasteiger partial charge in [0.2, 0.25) is 0 Å². The molecule has 1 aliphatic rings. The minimum absolute atomic E-state index is 0.258. The van der Waals surface area contributed by atoms with Gasteiger partial charge in [-0.1, -0.05) is 6.92 Å². The maximum Gasteiger partial charge on any atom is 0.434 e. The van der Waals surface area contributed by atoms with Crippen LogP contribution < -0.4 is 0 Å². The molecule has 1 fully saturated rings. The van der Waals surface area contributed by atoms with E-state index in [0.29, 0.717) is 12.2 Å². The van der Waals surface area contributed by atoms with Gasteiger partial charge in [0.05, 0.1) is 0 Å². The van der Waals surface area contributed by atoms with Crippen LogP contribution in [0.4, 0.5) is 13.2 Å². The van der Waals surface area contributed by atoms with E-state index >= 15 is 0 Å². The highest BCUT2D eigenvalue weighted by Gasteiger charge is 2.36. The van der Waals surface area contributed by atoms with Gasteiger partial charge in [-0.15, -0.1) is 0 Å². The zero-order valence-electron chi connectivity index (χ0n) is 7.80. The normalized spacial score (nSPS) is 17.4. The Kier molecular flexibility index (Phi) is 2.05. The number of imidazole rings is 1. The molecule has 0 bridgehead atoms. The summed E-state index contributed by atoms with van der Waals surface area (Å²) in [6.45, 7) is 1.82. The van der Waals surface area contributed by atoms with Gasteiger partial charge in [0, 0.05) is 18.7 Å². The molecule has 0 radical (unpaired) electrons. The summed E-state index contributed by atoms with van der Waals surface area (Å²) in [7, 11) is 0. The summed E-state index contributed by atoms with van der Waals surface area (Å²) in [6, 6.07) is 0.258. The van der Waals surface area contributed by atoms with Gasteiger partial charge in [0.1, 0.15) is 5.82 Å². The van der Waals surface area contributed by atoms with E-state index < -0.39 is 11.9 Å². The van der Waals surface area contributed by atoms with Crippen molar-refractivity contribution in [2.24, 2.45) is 0 Å².